The highest BCUT2D eigenvalue weighted by molar-refractivity contribution is 9.10. The molecule has 0 amide bonds. The molecule has 0 unspecified atom stereocenters. The van der Waals surface area contributed by atoms with Gasteiger partial charge >= 0.3 is 0 Å². The van der Waals surface area contributed by atoms with E-state index in [2.05, 4.69) is 31.1 Å². The Bertz CT molecular complexity index is 1090. The number of hydrogen-bond donors (Lipinski definition) is 1. The number of benzene rings is 2. The Morgan fingerprint density at radius 3 is 2.43 bits per heavy atom. The van der Waals surface area contributed by atoms with Gasteiger partial charge in [0.25, 0.3) is 5.88 Å². The van der Waals surface area contributed by atoms with Crippen molar-refractivity contribution < 1.29 is 9.47 Å². The topological polar surface area (TPSA) is 60.0 Å². The Labute approximate surface area is 171 Å². The Hall–Kier alpha value is -2.86. The number of hydrogen-bond acceptors (Lipinski definition) is 4. The summed E-state index contributed by atoms with van der Waals surface area (Å²) in [6.07, 6.45) is 0.669. The molecule has 0 aliphatic carbocycles. The predicted molar refractivity (Wildman–Crippen MR) is 113 cm³/mol. The molecule has 0 radical (unpaired) electrons. The Morgan fingerprint density at radius 1 is 0.964 bits per heavy atom. The molecule has 2 aromatic carbocycles. The third kappa shape index (κ3) is 3.73. The molecule has 2 heterocycles. The van der Waals surface area contributed by atoms with E-state index < -0.39 is 0 Å². The van der Waals surface area contributed by atoms with E-state index in [0.717, 1.165) is 43.6 Å². The van der Waals surface area contributed by atoms with Gasteiger partial charge in [0.05, 0.1) is 12.8 Å². The van der Waals surface area contributed by atoms with Crippen molar-refractivity contribution in [2.24, 2.45) is 0 Å². The van der Waals surface area contributed by atoms with Crippen LogP contribution in [0.3, 0.4) is 0 Å². The molecule has 1 N–H and O–H groups in total. The Kier molecular flexibility index (Phi) is 5.30. The lowest BCUT2D eigenvalue weighted by Crippen LogP contribution is -2.02. The van der Waals surface area contributed by atoms with E-state index in [1.54, 1.807) is 7.11 Å². The summed E-state index contributed by atoms with van der Waals surface area (Å²) in [4.78, 5) is 3.38. The van der Waals surface area contributed by atoms with Crippen molar-refractivity contribution in [1.29, 1.82) is 0 Å². The van der Waals surface area contributed by atoms with Gasteiger partial charge in [0.1, 0.15) is 17.9 Å². The normalized spacial score (nSPS) is 11.0. The quantitative estimate of drug-likeness (QED) is 0.449. The first-order chi connectivity index (χ1) is 13.7. The number of methoxy groups -OCH3 is 1. The van der Waals surface area contributed by atoms with Crippen LogP contribution in [0.4, 0.5) is 0 Å². The van der Waals surface area contributed by atoms with Crippen molar-refractivity contribution in [3.8, 4) is 11.6 Å². The van der Waals surface area contributed by atoms with Crippen molar-refractivity contribution in [2.45, 2.75) is 20.0 Å². The van der Waals surface area contributed by atoms with Gasteiger partial charge < -0.3 is 14.5 Å². The molecule has 0 aliphatic rings. The number of rotatable bonds is 6. The highest BCUT2D eigenvalue weighted by Gasteiger charge is 2.18. The maximum atomic E-state index is 5.97. The van der Waals surface area contributed by atoms with Gasteiger partial charge in [-0.25, -0.2) is 0 Å². The van der Waals surface area contributed by atoms with Crippen LogP contribution in [-0.4, -0.2) is 22.3 Å². The smallest absolute Gasteiger partial charge is 0.258 e. The highest BCUT2D eigenvalue weighted by Crippen LogP contribution is 2.34. The molecule has 6 heteroatoms. The summed E-state index contributed by atoms with van der Waals surface area (Å²) in [5.74, 6) is 1.34. The second-order valence-corrected chi connectivity index (χ2v) is 7.36. The summed E-state index contributed by atoms with van der Waals surface area (Å²) < 4.78 is 12.2. The molecule has 142 valence electrons. The van der Waals surface area contributed by atoms with Crippen LogP contribution in [0.2, 0.25) is 0 Å². The SMILES string of the molecule is COc1ccc(Cc2nnc(OCc3ccccc3)c3[nH]c(C)c(Br)c23)cc1. The van der Waals surface area contributed by atoms with Crippen LogP contribution in [0.1, 0.15) is 22.5 Å². The number of aromatic amines is 1. The van der Waals surface area contributed by atoms with Crippen LogP contribution in [0, 0.1) is 6.92 Å². The van der Waals surface area contributed by atoms with Crippen molar-refractivity contribution in [1.82, 2.24) is 15.2 Å². The summed E-state index contributed by atoms with van der Waals surface area (Å²) in [5, 5.41) is 9.84. The van der Waals surface area contributed by atoms with Gasteiger partial charge in [-0.1, -0.05) is 42.5 Å². The van der Waals surface area contributed by atoms with Gasteiger partial charge in [-0.3, -0.25) is 0 Å². The molecular formula is C22H20BrN3O2. The van der Waals surface area contributed by atoms with Crippen LogP contribution in [-0.2, 0) is 13.0 Å². The molecule has 28 heavy (non-hydrogen) atoms. The number of nitrogens with one attached hydrogen (secondary N) is 1. The van der Waals surface area contributed by atoms with E-state index in [1.807, 2.05) is 61.5 Å². The summed E-state index contributed by atoms with van der Waals surface area (Å²) in [7, 11) is 1.66. The zero-order valence-corrected chi connectivity index (χ0v) is 17.3. The van der Waals surface area contributed by atoms with Crippen LogP contribution in [0.25, 0.3) is 10.9 Å². The Morgan fingerprint density at radius 2 is 1.71 bits per heavy atom. The van der Waals surface area contributed by atoms with Crippen LogP contribution in [0.15, 0.2) is 59.1 Å². The number of aromatic nitrogens is 3. The summed E-state index contributed by atoms with van der Waals surface area (Å²) in [5.41, 5.74) is 5.00. The molecule has 4 aromatic rings. The third-order valence-corrected chi connectivity index (χ3v) is 5.62. The fraction of sp³-hybridized carbons (Fsp3) is 0.182. The minimum atomic E-state index is 0.443. The van der Waals surface area contributed by atoms with Gasteiger partial charge in [-0.15, -0.1) is 5.10 Å². The zero-order valence-electron chi connectivity index (χ0n) is 15.7. The summed E-state index contributed by atoms with van der Waals surface area (Å²) in [6, 6.07) is 18.0. The number of H-pyrrole nitrogens is 1. The van der Waals surface area contributed by atoms with E-state index in [0.29, 0.717) is 18.9 Å². The van der Waals surface area contributed by atoms with E-state index in [9.17, 15) is 0 Å². The van der Waals surface area contributed by atoms with Crippen LogP contribution >= 0.6 is 15.9 Å². The second kappa shape index (κ2) is 8.02. The number of aryl methyl sites for hydroxylation is 1. The number of fused-ring (bicyclic) bond motifs is 1. The first kappa shape index (κ1) is 18.5. The summed E-state index contributed by atoms with van der Waals surface area (Å²) >= 11 is 3.69. The standard InChI is InChI=1S/C22H20BrN3O2/c1-14-20(23)19-18(12-15-8-10-17(27-2)11-9-15)25-26-22(21(19)24-14)28-13-16-6-4-3-5-7-16/h3-11,24H,12-13H2,1-2H3. The molecular weight excluding hydrogens is 418 g/mol. The average molecular weight is 438 g/mol. The lowest BCUT2D eigenvalue weighted by atomic mass is 10.1. The molecule has 0 fully saturated rings. The number of halogens is 1. The van der Waals surface area contributed by atoms with Gasteiger partial charge in [0, 0.05) is 22.0 Å². The van der Waals surface area contributed by atoms with Gasteiger partial charge in [0.2, 0.25) is 0 Å². The minimum Gasteiger partial charge on any atom is -0.497 e. The monoisotopic (exact) mass is 437 g/mol. The highest BCUT2D eigenvalue weighted by atomic mass is 79.9. The third-order valence-electron chi connectivity index (χ3n) is 4.62. The van der Waals surface area contributed by atoms with Crippen molar-refractivity contribution in [2.75, 3.05) is 7.11 Å². The number of nitrogens with zero attached hydrogens (tertiary/aromatic N) is 2. The fourth-order valence-corrected chi connectivity index (χ4v) is 3.65. The second-order valence-electron chi connectivity index (χ2n) is 6.56. The van der Waals surface area contributed by atoms with Crippen molar-refractivity contribution >= 4 is 26.8 Å². The lowest BCUT2D eigenvalue weighted by Gasteiger charge is -2.09. The molecule has 2 aromatic heterocycles. The van der Waals surface area contributed by atoms with Crippen molar-refractivity contribution in [3.05, 3.63) is 81.6 Å². The minimum absolute atomic E-state index is 0.443. The van der Waals surface area contributed by atoms with Gasteiger partial charge in [-0.05, 0) is 46.1 Å². The van der Waals surface area contributed by atoms with E-state index in [-0.39, 0.29) is 0 Å². The number of ether oxygens (including phenoxy) is 2. The summed E-state index contributed by atoms with van der Waals surface area (Å²) in [6.45, 7) is 2.46. The van der Waals surface area contributed by atoms with E-state index >= 15 is 0 Å². The fourth-order valence-electron chi connectivity index (χ4n) is 3.13. The maximum Gasteiger partial charge on any atom is 0.258 e. The molecule has 0 saturated carbocycles. The molecule has 0 bridgehead atoms. The largest absolute Gasteiger partial charge is 0.497 e. The average Bonchev–Trinajstić information content (AvgIpc) is 3.04. The molecule has 0 saturated heterocycles. The Balaban J connectivity index is 1.66. The first-order valence-electron chi connectivity index (χ1n) is 8.98. The molecule has 0 aliphatic heterocycles. The van der Waals surface area contributed by atoms with Crippen molar-refractivity contribution in [3.63, 3.8) is 0 Å². The maximum absolute atomic E-state index is 5.97. The predicted octanol–water partition coefficient (Wildman–Crippen LogP) is 5.21. The first-order valence-corrected chi connectivity index (χ1v) is 9.78. The van der Waals surface area contributed by atoms with Crippen LogP contribution < -0.4 is 9.47 Å². The molecule has 0 atom stereocenters. The molecule has 0 spiro atoms. The van der Waals surface area contributed by atoms with E-state index in [1.165, 1.54) is 0 Å². The molecule has 5 nitrogen and oxygen atoms in total. The molecule has 4 rings (SSSR count). The van der Waals surface area contributed by atoms with Gasteiger partial charge in [0.15, 0.2) is 0 Å². The van der Waals surface area contributed by atoms with Gasteiger partial charge in [-0.2, -0.15) is 5.10 Å². The van der Waals surface area contributed by atoms with E-state index in [4.69, 9.17) is 9.47 Å². The zero-order chi connectivity index (χ0) is 19.5. The lowest BCUT2D eigenvalue weighted by molar-refractivity contribution is 0.293. The van der Waals surface area contributed by atoms with Crippen LogP contribution in [0.5, 0.6) is 11.6 Å².